The molecule has 1 rings (SSSR count). The molecule has 0 saturated heterocycles. The number of hydrogen-bond acceptors (Lipinski definition) is 2. The highest BCUT2D eigenvalue weighted by atomic mass is 127. The molecule has 19 heavy (non-hydrogen) atoms. The fraction of sp³-hybridized carbons (Fsp3) is 0.500. The van der Waals surface area contributed by atoms with Crippen LogP contribution in [0.1, 0.15) is 37.7 Å². The Morgan fingerprint density at radius 2 is 1.58 bits per heavy atom. The second-order valence-electron chi connectivity index (χ2n) is 4.41. The van der Waals surface area contributed by atoms with Gasteiger partial charge in [-0.2, -0.15) is 0 Å². The Morgan fingerprint density at radius 3 is 2.21 bits per heavy atom. The lowest BCUT2D eigenvalue weighted by atomic mass is 10.1. The van der Waals surface area contributed by atoms with Gasteiger partial charge in [-0.15, -0.1) is 0 Å². The SMILES string of the molecule is O=C(O)OCCCCCCCc1cc(I)cc(I)c1. The molecule has 0 aromatic heterocycles. The first kappa shape index (κ1) is 17.0. The summed E-state index contributed by atoms with van der Waals surface area (Å²) < 4.78 is 7.05. The van der Waals surface area contributed by atoms with Crippen LogP contribution in [0, 0.1) is 7.14 Å². The fourth-order valence-electron chi connectivity index (χ4n) is 1.88. The van der Waals surface area contributed by atoms with E-state index in [1.807, 2.05) is 0 Å². The van der Waals surface area contributed by atoms with Crippen molar-refractivity contribution in [3.05, 3.63) is 30.9 Å². The molecule has 0 bridgehead atoms. The van der Waals surface area contributed by atoms with E-state index in [0.29, 0.717) is 6.61 Å². The van der Waals surface area contributed by atoms with E-state index in [-0.39, 0.29) is 0 Å². The number of hydrogen-bond donors (Lipinski definition) is 1. The van der Waals surface area contributed by atoms with E-state index in [9.17, 15) is 4.79 Å². The molecule has 0 aliphatic heterocycles. The van der Waals surface area contributed by atoms with Crippen molar-refractivity contribution < 1.29 is 14.6 Å². The second kappa shape index (κ2) is 9.79. The van der Waals surface area contributed by atoms with Crippen molar-refractivity contribution in [2.45, 2.75) is 38.5 Å². The maximum atomic E-state index is 10.1. The fourth-order valence-corrected chi connectivity index (χ4v) is 3.94. The first-order valence-corrected chi connectivity index (χ1v) is 8.54. The molecule has 0 atom stereocenters. The lowest BCUT2D eigenvalue weighted by Crippen LogP contribution is -2.01. The highest BCUT2D eigenvalue weighted by molar-refractivity contribution is 14.1. The predicted molar refractivity (Wildman–Crippen MR) is 92.6 cm³/mol. The molecule has 1 N–H and O–H groups in total. The minimum absolute atomic E-state index is 0.324. The van der Waals surface area contributed by atoms with Gasteiger partial charge in [0.1, 0.15) is 0 Å². The Bertz CT molecular complexity index is 387. The van der Waals surface area contributed by atoms with E-state index in [2.05, 4.69) is 68.1 Å². The summed E-state index contributed by atoms with van der Waals surface area (Å²) in [4.78, 5) is 10.1. The molecule has 0 amide bonds. The van der Waals surface area contributed by atoms with Gasteiger partial charge in [-0.25, -0.2) is 4.79 Å². The number of carboxylic acid groups (broad SMARTS) is 1. The van der Waals surface area contributed by atoms with Crippen molar-refractivity contribution in [2.24, 2.45) is 0 Å². The van der Waals surface area contributed by atoms with Gasteiger partial charge in [0, 0.05) is 7.14 Å². The van der Waals surface area contributed by atoms with Crippen LogP contribution in [-0.2, 0) is 11.2 Å². The largest absolute Gasteiger partial charge is 0.505 e. The first-order chi connectivity index (χ1) is 9.08. The summed E-state index contributed by atoms with van der Waals surface area (Å²) in [6.45, 7) is 0.324. The third-order valence-electron chi connectivity index (χ3n) is 2.76. The monoisotopic (exact) mass is 488 g/mol. The molecular formula is C14H18I2O3. The number of benzene rings is 1. The number of ether oxygens (including phenoxy) is 1. The number of unbranched alkanes of at least 4 members (excludes halogenated alkanes) is 4. The third-order valence-corrected chi connectivity index (χ3v) is 4.00. The summed E-state index contributed by atoms with van der Waals surface area (Å²) in [5, 5.41) is 8.30. The van der Waals surface area contributed by atoms with Gasteiger partial charge < -0.3 is 9.84 Å². The lowest BCUT2D eigenvalue weighted by Gasteiger charge is -2.04. The predicted octanol–water partition coefficient (Wildman–Crippen LogP) is 5.08. The summed E-state index contributed by atoms with van der Waals surface area (Å²) in [6.07, 6.45) is 5.34. The van der Waals surface area contributed by atoms with Crippen molar-refractivity contribution in [1.29, 1.82) is 0 Å². The van der Waals surface area contributed by atoms with Crippen LogP contribution in [-0.4, -0.2) is 17.9 Å². The topological polar surface area (TPSA) is 46.5 Å². The molecule has 0 aliphatic carbocycles. The standard InChI is InChI=1S/C14H18I2O3/c15-12-8-11(9-13(16)10-12)6-4-2-1-3-5-7-19-14(17)18/h8-10H,1-7H2,(H,17,18). The molecule has 1 aromatic carbocycles. The van der Waals surface area contributed by atoms with Crippen LogP contribution in [0.15, 0.2) is 18.2 Å². The zero-order valence-corrected chi connectivity index (χ0v) is 15.0. The molecule has 5 heteroatoms. The highest BCUT2D eigenvalue weighted by Gasteiger charge is 1.99. The van der Waals surface area contributed by atoms with E-state index in [1.54, 1.807) is 0 Å². The third kappa shape index (κ3) is 8.67. The first-order valence-electron chi connectivity index (χ1n) is 6.38. The van der Waals surface area contributed by atoms with Crippen LogP contribution >= 0.6 is 45.2 Å². The molecule has 0 fully saturated rings. The Morgan fingerprint density at radius 1 is 1.00 bits per heavy atom. The van der Waals surface area contributed by atoms with Gasteiger partial charge >= 0.3 is 6.16 Å². The molecule has 0 unspecified atom stereocenters. The second-order valence-corrected chi connectivity index (χ2v) is 6.90. The van der Waals surface area contributed by atoms with Crippen LogP contribution in [0.5, 0.6) is 0 Å². The Hall–Kier alpha value is -0.0500. The molecule has 0 aliphatic rings. The van der Waals surface area contributed by atoms with Crippen LogP contribution in [0.2, 0.25) is 0 Å². The van der Waals surface area contributed by atoms with Gasteiger partial charge in [0.25, 0.3) is 0 Å². The molecule has 0 spiro atoms. The minimum atomic E-state index is -1.17. The molecule has 0 radical (unpaired) electrons. The number of carbonyl (C=O) groups is 1. The average molecular weight is 488 g/mol. The van der Waals surface area contributed by atoms with Crippen molar-refractivity contribution in [1.82, 2.24) is 0 Å². The average Bonchev–Trinajstić information content (AvgIpc) is 2.31. The normalized spacial score (nSPS) is 10.4. The number of aryl methyl sites for hydroxylation is 1. The molecule has 0 saturated carbocycles. The van der Waals surface area contributed by atoms with Gasteiger partial charge in [-0.3, -0.25) is 0 Å². The van der Waals surface area contributed by atoms with Crippen molar-refractivity contribution in [3.63, 3.8) is 0 Å². The Kier molecular flexibility index (Phi) is 8.76. The van der Waals surface area contributed by atoms with Crippen LogP contribution in [0.25, 0.3) is 0 Å². The summed E-state index contributed by atoms with van der Waals surface area (Å²) in [5.74, 6) is 0. The van der Waals surface area contributed by atoms with Gasteiger partial charge in [0.05, 0.1) is 6.61 Å². The van der Waals surface area contributed by atoms with Gasteiger partial charge in [0.2, 0.25) is 0 Å². The summed E-state index contributed by atoms with van der Waals surface area (Å²) >= 11 is 4.71. The zero-order chi connectivity index (χ0) is 14.1. The van der Waals surface area contributed by atoms with Gasteiger partial charge in [0.15, 0.2) is 0 Å². The lowest BCUT2D eigenvalue weighted by molar-refractivity contribution is 0.0899. The van der Waals surface area contributed by atoms with Crippen molar-refractivity contribution >= 4 is 51.3 Å². The summed E-state index contributed by atoms with van der Waals surface area (Å²) in [5.41, 5.74) is 1.41. The van der Waals surface area contributed by atoms with E-state index >= 15 is 0 Å². The van der Waals surface area contributed by atoms with E-state index < -0.39 is 6.16 Å². The Labute approximate surface area is 141 Å². The molecule has 106 valence electrons. The maximum absolute atomic E-state index is 10.1. The number of halogens is 2. The van der Waals surface area contributed by atoms with Gasteiger partial charge in [-0.1, -0.05) is 19.3 Å². The molecular weight excluding hydrogens is 470 g/mol. The smallest absolute Gasteiger partial charge is 0.450 e. The quantitative estimate of drug-likeness (QED) is 0.316. The van der Waals surface area contributed by atoms with Crippen LogP contribution < -0.4 is 0 Å². The maximum Gasteiger partial charge on any atom is 0.505 e. The van der Waals surface area contributed by atoms with Gasteiger partial charge in [-0.05, 0) is 88.2 Å². The van der Waals surface area contributed by atoms with Crippen LogP contribution in [0.3, 0.4) is 0 Å². The summed E-state index contributed by atoms with van der Waals surface area (Å²) in [7, 11) is 0. The molecule has 1 aromatic rings. The minimum Gasteiger partial charge on any atom is -0.450 e. The van der Waals surface area contributed by atoms with Crippen LogP contribution in [0.4, 0.5) is 4.79 Å². The number of rotatable bonds is 8. The van der Waals surface area contributed by atoms with E-state index in [1.165, 1.54) is 25.5 Å². The van der Waals surface area contributed by atoms with E-state index in [4.69, 9.17) is 5.11 Å². The zero-order valence-electron chi connectivity index (χ0n) is 10.7. The van der Waals surface area contributed by atoms with Crippen molar-refractivity contribution in [2.75, 3.05) is 6.61 Å². The van der Waals surface area contributed by atoms with E-state index in [0.717, 1.165) is 25.7 Å². The summed E-state index contributed by atoms with van der Waals surface area (Å²) in [6, 6.07) is 6.65. The molecule has 3 nitrogen and oxygen atoms in total. The Balaban J connectivity index is 2.06. The highest BCUT2D eigenvalue weighted by Crippen LogP contribution is 2.16. The molecule has 0 heterocycles. The van der Waals surface area contributed by atoms with Crippen molar-refractivity contribution in [3.8, 4) is 0 Å².